The average Bonchev–Trinajstić information content (AvgIpc) is 3.37. The molecule has 25 heavy (non-hydrogen) atoms. The summed E-state index contributed by atoms with van der Waals surface area (Å²) in [5, 5.41) is 2.70. The minimum Gasteiger partial charge on any atom is -0.472 e. The van der Waals surface area contributed by atoms with Gasteiger partial charge in [-0.3, -0.25) is 9.59 Å². The van der Waals surface area contributed by atoms with Gasteiger partial charge in [0.05, 0.1) is 37.4 Å². The molecule has 0 radical (unpaired) electrons. The molecule has 0 spiro atoms. The highest BCUT2D eigenvalue weighted by Gasteiger charge is 2.17. The van der Waals surface area contributed by atoms with Crippen LogP contribution in [0.1, 0.15) is 28.3 Å². The maximum Gasteiger partial charge on any atom is 0.254 e. The van der Waals surface area contributed by atoms with Crippen LogP contribution in [0, 0.1) is 0 Å². The topological polar surface area (TPSA) is 88.8 Å². The quantitative estimate of drug-likeness (QED) is 0.680. The first-order valence-electron chi connectivity index (χ1n) is 7.85. The molecule has 3 rings (SSSR count). The maximum absolute atomic E-state index is 12.5. The summed E-state index contributed by atoms with van der Waals surface area (Å²) in [6, 6.07) is 8.73. The van der Waals surface area contributed by atoms with Crippen LogP contribution in [-0.4, -0.2) is 23.3 Å². The van der Waals surface area contributed by atoms with Crippen molar-refractivity contribution in [3.05, 3.63) is 72.5 Å². The first kappa shape index (κ1) is 16.6. The summed E-state index contributed by atoms with van der Waals surface area (Å²) in [4.78, 5) is 26.0. The molecule has 7 nitrogen and oxygen atoms in total. The summed E-state index contributed by atoms with van der Waals surface area (Å²) >= 11 is 0. The van der Waals surface area contributed by atoms with E-state index in [2.05, 4.69) is 5.32 Å². The van der Waals surface area contributed by atoms with E-state index in [0.29, 0.717) is 30.2 Å². The van der Waals surface area contributed by atoms with Gasteiger partial charge in [0.2, 0.25) is 5.91 Å². The molecule has 1 N–H and O–H groups in total. The molecule has 0 saturated carbocycles. The normalized spacial score (nSPS) is 10.6. The van der Waals surface area contributed by atoms with E-state index in [1.807, 2.05) is 12.1 Å². The van der Waals surface area contributed by atoms with Crippen LogP contribution in [0.2, 0.25) is 0 Å². The standard InChI is InChI=1S/C18H18N2O5/c21-17(5-7-19-18(22)14-6-10-23-13-14)20(11-15-3-1-8-24-15)12-16-4-2-9-25-16/h1-4,6,8-10,13H,5,7,11-12H2,(H,19,22). The largest absolute Gasteiger partial charge is 0.472 e. The lowest BCUT2D eigenvalue weighted by Gasteiger charge is -2.20. The lowest BCUT2D eigenvalue weighted by atomic mass is 10.2. The van der Waals surface area contributed by atoms with E-state index >= 15 is 0 Å². The van der Waals surface area contributed by atoms with Crippen molar-refractivity contribution in [2.75, 3.05) is 6.54 Å². The van der Waals surface area contributed by atoms with Crippen molar-refractivity contribution in [1.29, 1.82) is 0 Å². The Kier molecular flexibility index (Phi) is 5.36. The summed E-state index contributed by atoms with van der Waals surface area (Å²) in [5.41, 5.74) is 0.426. The van der Waals surface area contributed by atoms with Crippen molar-refractivity contribution in [2.24, 2.45) is 0 Å². The van der Waals surface area contributed by atoms with Crippen molar-refractivity contribution in [3.63, 3.8) is 0 Å². The lowest BCUT2D eigenvalue weighted by Crippen LogP contribution is -2.33. The van der Waals surface area contributed by atoms with Gasteiger partial charge in [0.15, 0.2) is 0 Å². The zero-order chi connectivity index (χ0) is 17.5. The molecule has 0 bridgehead atoms. The molecular formula is C18H18N2O5. The Morgan fingerprint density at radius 1 is 0.960 bits per heavy atom. The molecule has 0 aliphatic rings. The van der Waals surface area contributed by atoms with Crippen molar-refractivity contribution in [3.8, 4) is 0 Å². The Hall–Kier alpha value is -3.22. The fraction of sp³-hybridized carbons (Fsp3) is 0.222. The number of carbonyl (C=O) groups is 2. The molecule has 0 aliphatic heterocycles. The number of nitrogens with one attached hydrogen (secondary N) is 1. The Morgan fingerprint density at radius 3 is 2.16 bits per heavy atom. The zero-order valence-corrected chi connectivity index (χ0v) is 13.5. The second-order valence-corrected chi connectivity index (χ2v) is 5.43. The van der Waals surface area contributed by atoms with E-state index in [1.165, 1.54) is 12.5 Å². The van der Waals surface area contributed by atoms with Crippen LogP contribution < -0.4 is 5.32 Å². The van der Waals surface area contributed by atoms with Gasteiger partial charge in [0.1, 0.15) is 17.8 Å². The van der Waals surface area contributed by atoms with Gasteiger partial charge < -0.3 is 23.5 Å². The van der Waals surface area contributed by atoms with Gasteiger partial charge in [-0.25, -0.2) is 0 Å². The van der Waals surface area contributed by atoms with E-state index in [0.717, 1.165) is 0 Å². The van der Waals surface area contributed by atoms with Crippen LogP contribution in [0.25, 0.3) is 0 Å². The van der Waals surface area contributed by atoms with E-state index in [4.69, 9.17) is 13.3 Å². The molecule has 0 atom stereocenters. The summed E-state index contributed by atoms with van der Waals surface area (Å²) in [6.45, 7) is 0.903. The molecule has 0 fully saturated rings. The van der Waals surface area contributed by atoms with Crippen molar-refractivity contribution in [2.45, 2.75) is 19.5 Å². The smallest absolute Gasteiger partial charge is 0.254 e. The first-order chi connectivity index (χ1) is 12.2. The number of hydrogen-bond acceptors (Lipinski definition) is 5. The van der Waals surface area contributed by atoms with Crippen LogP contribution in [0.4, 0.5) is 0 Å². The number of rotatable bonds is 8. The van der Waals surface area contributed by atoms with Gasteiger partial charge in [-0.15, -0.1) is 0 Å². The first-order valence-corrected chi connectivity index (χ1v) is 7.85. The van der Waals surface area contributed by atoms with Crippen molar-refractivity contribution >= 4 is 11.8 Å². The predicted octanol–water partition coefficient (Wildman–Crippen LogP) is 2.81. The van der Waals surface area contributed by atoms with E-state index < -0.39 is 0 Å². The van der Waals surface area contributed by atoms with Gasteiger partial charge in [-0.1, -0.05) is 0 Å². The fourth-order valence-corrected chi connectivity index (χ4v) is 2.35. The van der Waals surface area contributed by atoms with Crippen LogP contribution in [0.5, 0.6) is 0 Å². The van der Waals surface area contributed by atoms with E-state index in [1.54, 1.807) is 35.6 Å². The van der Waals surface area contributed by atoms with Gasteiger partial charge in [-0.2, -0.15) is 0 Å². The molecule has 3 heterocycles. The highest BCUT2D eigenvalue weighted by molar-refractivity contribution is 5.94. The van der Waals surface area contributed by atoms with Gasteiger partial charge >= 0.3 is 0 Å². The molecule has 0 unspecified atom stereocenters. The van der Waals surface area contributed by atoms with Gasteiger partial charge in [0, 0.05) is 13.0 Å². The van der Waals surface area contributed by atoms with Crippen LogP contribution >= 0.6 is 0 Å². The third kappa shape index (κ3) is 4.63. The molecule has 2 amide bonds. The lowest BCUT2D eigenvalue weighted by molar-refractivity contribution is -0.132. The molecule has 3 aromatic heterocycles. The number of carbonyl (C=O) groups excluding carboxylic acids is 2. The van der Waals surface area contributed by atoms with Crippen LogP contribution in [-0.2, 0) is 17.9 Å². The van der Waals surface area contributed by atoms with Crippen molar-refractivity contribution < 1.29 is 22.8 Å². The summed E-state index contributed by atoms with van der Waals surface area (Å²) in [7, 11) is 0. The molecule has 7 heteroatoms. The minimum atomic E-state index is -0.273. The Morgan fingerprint density at radius 2 is 1.64 bits per heavy atom. The summed E-state index contributed by atoms with van der Waals surface area (Å²) < 4.78 is 15.5. The second-order valence-electron chi connectivity index (χ2n) is 5.43. The summed E-state index contributed by atoms with van der Waals surface area (Å²) in [5.74, 6) is 0.982. The molecule has 0 aliphatic carbocycles. The van der Waals surface area contributed by atoms with Gasteiger partial charge in [0.25, 0.3) is 5.91 Å². The third-order valence-electron chi connectivity index (χ3n) is 3.61. The number of amides is 2. The number of hydrogen-bond donors (Lipinski definition) is 1. The van der Waals surface area contributed by atoms with Gasteiger partial charge in [-0.05, 0) is 30.3 Å². The number of furan rings is 3. The molecular weight excluding hydrogens is 324 g/mol. The van der Waals surface area contributed by atoms with E-state index in [9.17, 15) is 9.59 Å². The molecule has 130 valence electrons. The Bertz CT molecular complexity index is 739. The maximum atomic E-state index is 12.5. The Labute approximate surface area is 144 Å². The molecule has 3 aromatic rings. The zero-order valence-electron chi connectivity index (χ0n) is 13.5. The molecule has 0 aromatic carbocycles. The highest BCUT2D eigenvalue weighted by Crippen LogP contribution is 2.12. The SMILES string of the molecule is O=C(NCCC(=O)N(Cc1ccco1)Cc1ccco1)c1ccoc1. The van der Waals surface area contributed by atoms with E-state index in [-0.39, 0.29) is 24.8 Å². The Balaban J connectivity index is 1.55. The average molecular weight is 342 g/mol. The summed E-state index contributed by atoms with van der Waals surface area (Å²) in [6.07, 6.45) is 6.09. The predicted molar refractivity (Wildman–Crippen MR) is 87.3 cm³/mol. The monoisotopic (exact) mass is 342 g/mol. The van der Waals surface area contributed by atoms with Crippen LogP contribution in [0.3, 0.4) is 0 Å². The van der Waals surface area contributed by atoms with Crippen molar-refractivity contribution in [1.82, 2.24) is 10.2 Å². The van der Waals surface area contributed by atoms with Crippen LogP contribution in [0.15, 0.2) is 68.6 Å². The molecule has 0 saturated heterocycles. The third-order valence-corrected chi connectivity index (χ3v) is 3.61. The second kappa shape index (κ2) is 8.05. The minimum absolute atomic E-state index is 0.111. The highest BCUT2D eigenvalue weighted by atomic mass is 16.3. The number of nitrogens with zero attached hydrogens (tertiary/aromatic N) is 1. The fourth-order valence-electron chi connectivity index (χ4n) is 2.35.